The van der Waals surface area contributed by atoms with Crippen molar-refractivity contribution in [1.29, 1.82) is 0 Å². The molecule has 7 aromatic rings. The van der Waals surface area contributed by atoms with Crippen LogP contribution in [0.15, 0.2) is 189 Å². The molecule has 3 aromatic carbocycles. The van der Waals surface area contributed by atoms with E-state index in [-0.39, 0.29) is 83.7 Å². The number of benzene rings is 3. The number of carbonyl (C=O) groups excluding carboxylic acids is 10. The Hall–Kier alpha value is -10.4. The zero-order valence-electron chi connectivity index (χ0n) is 64.5. The molecule has 4 heterocycles. The fourth-order valence-corrected chi connectivity index (χ4v) is 12.9. The molecule has 0 saturated heterocycles. The fourth-order valence-electron chi connectivity index (χ4n) is 12.7. The Morgan fingerprint density at radius 3 is 1.01 bits per heavy atom. The van der Waals surface area contributed by atoms with Gasteiger partial charge in [-0.2, -0.15) is 0 Å². The predicted molar refractivity (Wildman–Crippen MR) is 430 cm³/mol. The largest absolute Gasteiger partial charge is 0.445 e. The average molecular weight is 1560 g/mol. The number of nitrogens with zero attached hydrogens (tertiary/aromatic N) is 4. The molecule has 0 spiro atoms. The van der Waals surface area contributed by atoms with Crippen molar-refractivity contribution >= 4 is 70.1 Å². The number of amides is 5. The van der Waals surface area contributed by atoms with Gasteiger partial charge in [-0.1, -0.05) is 167 Å². The number of carbonyl (C=O) groups is 10. The van der Waals surface area contributed by atoms with Crippen molar-refractivity contribution in [2.75, 3.05) is 26.2 Å². The molecule has 4 atom stereocenters. The van der Waals surface area contributed by atoms with Crippen LogP contribution in [-0.2, 0) is 48.4 Å². The average Bonchev–Trinajstić information content (AvgIpc) is 1.33. The molecular formula is C87H112ClN11O13. The zero-order valence-corrected chi connectivity index (χ0v) is 65.2. The smallest absolute Gasteiger partial charge is 0.407 e. The highest BCUT2D eigenvalue weighted by molar-refractivity contribution is 6.64. The SMILES string of the molecule is CC(CCCCNC(=O)OCc1ccccc1)C(=O)c1ccccn1.NC(CCCCNC(=O)OCc1ccccc1)C(=O)c1ccccn1.NCCCCC(NC(=O)C1CCCC1)C(=O)c1ccccn1.O=C(Cl)C1CCCC1.O=C(NCCCCC(NC(=O)C1CCCC1)C(=O)c1ccccn1)OCc1ccccc1. The Morgan fingerprint density at radius 2 is 0.688 bits per heavy atom. The number of nitrogens with two attached hydrogens (primary N) is 2. The second-order valence-electron chi connectivity index (χ2n) is 27.9. The zero-order chi connectivity index (χ0) is 80.2. The lowest BCUT2D eigenvalue weighted by Gasteiger charge is -2.20. The Bertz CT molecular complexity index is 3740. The van der Waals surface area contributed by atoms with Gasteiger partial charge in [0.05, 0.1) is 18.1 Å². The molecular weight excluding hydrogens is 1440 g/mol. The summed E-state index contributed by atoms with van der Waals surface area (Å²) < 4.78 is 15.4. The van der Waals surface area contributed by atoms with E-state index in [0.717, 1.165) is 126 Å². The van der Waals surface area contributed by atoms with Gasteiger partial charge in [0.1, 0.15) is 42.6 Å². The van der Waals surface area contributed by atoms with Gasteiger partial charge in [-0.3, -0.25) is 53.5 Å². The van der Waals surface area contributed by atoms with E-state index in [1.54, 1.807) is 91.5 Å². The van der Waals surface area contributed by atoms with Crippen molar-refractivity contribution in [3.63, 3.8) is 0 Å². The number of rotatable bonds is 38. The number of aromatic nitrogens is 4. The van der Waals surface area contributed by atoms with Gasteiger partial charge in [-0.05, 0) is 193 Å². The highest BCUT2D eigenvalue weighted by Gasteiger charge is 2.31. The van der Waals surface area contributed by atoms with Crippen LogP contribution in [0, 0.1) is 23.7 Å². The molecule has 3 fully saturated rings. The standard InChI is InChI=1S/C25H31N3O4.C20H24N2O3.C19H23N3O3.C17H25N3O2.C6H9ClO/c29-23(21-14-6-8-16-26-21)22(28-24(30)20-12-4-5-13-20)15-7-9-17-27-25(31)32-18-19-10-2-1-3-11-19;1-16(19(23)18-12-6-8-13-21-18)9-5-7-14-22-20(24)25-15-17-10-3-2-4-11-17;20-16(18(23)17-11-5-7-12-21-17)10-4-6-13-22-19(24)25-14-15-8-2-1-3-9-15;18-11-5-3-10-15(16(21)14-9-4-6-12-19-14)20-17(22)13-7-1-2-8-13;7-6(8)5-3-1-2-4-5/h1-3,6,8,10-11,14,16,20,22H,4-5,7,9,12-13,15,17-18H2,(H,27,31)(H,28,30);2-4,6,8,10-13,16H,5,7,9,14-15H2,1H3,(H,22,24);1-3,5,7-9,11-12,16H,4,6,10,13-14,20H2,(H,22,24);4,6,9,12-13,15H,1-3,5,7-8,10-11,18H2,(H,20,22);5H,1-4H2. The summed E-state index contributed by atoms with van der Waals surface area (Å²) in [5.41, 5.74) is 15.9. The molecule has 3 saturated carbocycles. The first-order valence-corrected chi connectivity index (χ1v) is 39.8. The lowest BCUT2D eigenvalue weighted by atomic mass is 9.97. The summed E-state index contributed by atoms with van der Waals surface area (Å²) in [6, 6.07) is 47.8. The van der Waals surface area contributed by atoms with Gasteiger partial charge >= 0.3 is 18.3 Å². The minimum Gasteiger partial charge on any atom is -0.445 e. The number of alkyl carbamates (subject to hydrolysis) is 3. The van der Waals surface area contributed by atoms with Crippen molar-refractivity contribution in [1.82, 2.24) is 46.5 Å². The van der Waals surface area contributed by atoms with Crippen molar-refractivity contribution in [2.24, 2.45) is 35.1 Å². The summed E-state index contributed by atoms with van der Waals surface area (Å²) in [6.45, 7) is 4.71. The van der Waals surface area contributed by atoms with Crippen molar-refractivity contribution in [3.05, 3.63) is 228 Å². The molecule has 0 radical (unpaired) electrons. The Balaban J connectivity index is 0.000000227. The van der Waals surface area contributed by atoms with Gasteiger partial charge in [-0.25, -0.2) is 14.4 Å². The number of nitrogens with one attached hydrogen (secondary N) is 5. The maximum atomic E-state index is 12.9. The van der Waals surface area contributed by atoms with Crippen LogP contribution in [0.3, 0.4) is 0 Å². The highest BCUT2D eigenvalue weighted by Crippen LogP contribution is 2.28. The first-order chi connectivity index (χ1) is 54.5. The number of pyridine rings is 4. The summed E-state index contributed by atoms with van der Waals surface area (Å²) in [7, 11) is 0. The summed E-state index contributed by atoms with van der Waals surface area (Å²) >= 11 is 5.25. The van der Waals surface area contributed by atoms with Crippen molar-refractivity contribution in [3.8, 4) is 0 Å². The van der Waals surface area contributed by atoms with E-state index in [0.29, 0.717) is 81.1 Å². The Morgan fingerprint density at radius 1 is 0.384 bits per heavy atom. The molecule has 3 aliphatic carbocycles. The monoisotopic (exact) mass is 1550 g/mol. The van der Waals surface area contributed by atoms with Gasteiger partial charge in [0.25, 0.3) is 0 Å². The number of hydrogen-bond acceptors (Lipinski definition) is 19. The van der Waals surface area contributed by atoms with E-state index < -0.39 is 36.4 Å². The molecule has 24 nitrogen and oxygen atoms in total. The van der Waals surface area contributed by atoms with Gasteiger partial charge < -0.3 is 52.3 Å². The van der Waals surface area contributed by atoms with E-state index in [9.17, 15) is 47.9 Å². The molecule has 4 aromatic heterocycles. The van der Waals surface area contributed by atoms with Crippen LogP contribution in [-0.4, -0.2) is 123 Å². The third-order valence-electron chi connectivity index (χ3n) is 19.2. The second kappa shape index (κ2) is 54.2. The maximum Gasteiger partial charge on any atom is 0.407 e. The number of hydrogen-bond donors (Lipinski definition) is 7. The second-order valence-corrected chi connectivity index (χ2v) is 28.3. The van der Waals surface area contributed by atoms with E-state index in [4.69, 9.17) is 37.3 Å². The Labute approximate surface area is 663 Å². The molecule has 0 bridgehead atoms. The lowest BCUT2D eigenvalue weighted by Crippen LogP contribution is -2.43. The summed E-state index contributed by atoms with van der Waals surface area (Å²) in [6.07, 6.45) is 26.0. The third kappa shape index (κ3) is 36.6. The van der Waals surface area contributed by atoms with E-state index >= 15 is 0 Å². The first kappa shape index (κ1) is 90.5. The molecule has 9 N–H and O–H groups in total. The van der Waals surface area contributed by atoms with Crippen LogP contribution in [0.2, 0.25) is 0 Å². The minimum absolute atomic E-state index is 0.00455. The number of ketones is 4. The topological polar surface area (TPSA) is 362 Å². The summed E-state index contributed by atoms with van der Waals surface area (Å²) in [5, 5.41) is 13.9. The number of ether oxygens (including phenoxy) is 3. The minimum atomic E-state index is -0.608. The summed E-state index contributed by atoms with van der Waals surface area (Å²) in [5.74, 6) is -0.220. The van der Waals surface area contributed by atoms with Crippen molar-refractivity contribution < 1.29 is 62.2 Å². The third-order valence-corrected chi connectivity index (χ3v) is 19.5. The van der Waals surface area contributed by atoms with Gasteiger partial charge in [0.15, 0.2) is 11.6 Å². The first-order valence-electron chi connectivity index (χ1n) is 39.4. The number of unbranched alkanes of at least 4 members (excludes halogenated alkanes) is 4. The highest BCUT2D eigenvalue weighted by atomic mass is 35.5. The molecule has 0 aliphatic heterocycles. The molecule has 600 valence electrons. The van der Waals surface area contributed by atoms with E-state index in [1.165, 1.54) is 12.8 Å². The van der Waals surface area contributed by atoms with E-state index in [1.807, 2.05) is 104 Å². The molecule has 25 heteroatoms. The normalized spacial score (nSPS) is 14.1. The van der Waals surface area contributed by atoms with Gasteiger partial charge in [-0.15, -0.1) is 0 Å². The molecule has 5 amide bonds. The number of Topliss-reactive ketones (excluding diaryl/α,β-unsaturated/α-hetero) is 4. The van der Waals surface area contributed by atoms with Crippen LogP contribution < -0.4 is 38.1 Å². The lowest BCUT2D eigenvalue weighted by molar-refractivity contribution is -0.126. The van der Waals surface area contributed by atoms with E-state index in [2.05, 4.69) is 46.5 Å². The molecule has 10 rings (SSSR count). The van der Waals surface area contributed by atoms with Crippen LogP contribution in [0.1, 0.15) is 220 Å². The molecule has 3 aliphatic rings. The van der Waals surface area contributed by atoms with Crippen LogP contribution in [0.25, 0.3) is 0 Å². The molecule has 112 heavy (non-hydrogen) atoms. The maximum absolute atomic E-state index is 12.9. The fraction of sp³-hybridized carbons (Fsp3) is 0.448. The van der Waals surface area contributed by atoms with Crippen molar-refractivity contribution in [2.45, 2.75) is 199 Å². The quantitative estimate of drug-likeness (QED) is 0.00818. The van der Waals surface area contributed by atoms with Crippen LogP contribution in [0.4, 0.5) is 14.4 Å². The van der Waals surface area contributed by atoms with Gasteiger partial charge in [0.2, 0.25) is 28.6 Å². The summed E-state index contributed by atoms with van der Waals surface area (Å²) in [4.78, 5) is 136. The molecule has 4 unspecified atom stereocenters. The van der Waals surface area contributed by atoms with Gasteiger partial charge in [0, 0.05) is 68.1 Å². The Kier molecular flexibility index (Phi) is 43.8. The van der Waals surface area contributed by atoms with Crippen LogP contribution >= 0.6 is 11.6 Å². The van der Waals surface area contributed by atoms with Crippen LogP contribution in [0.5, 0.6) is 0 Å². The number of halogens is 1. The predicted octanol–water partition coefficient (Wildman–Crippen LogP) is 14.7.